The molecule has 2 fully saturated rings. The molecule has 0 spiro atoms. The molecule has 0 bridgehead atoms. The van der Waals surface area contributed by atoms with E-state index in [-0.39, 0.29) is 0 Å². The number of piperazine rings is 1. The zero-order valence-corrected chi connectivity index (χ0v) is 19.0. The summed E-state index contributed by atoms with van der Waals surface area (Å²) < 4.78 is 2.00. The van der Waals surface area contributed by atoms with Gasteiger partial charge >= 0.3 is 0 Å². The molecule has 4 rings (SSSR count). The second-order valence-electron chi connectivity index (χ2n) is 9.13. The van der Waals surface area contributed by atoms with Gasteiger partial charge in [0, 0.05) is 70.5 Å². The Labute approximate surface area is 186 Å². The number of aryl methyl sites for hydroxylation is 1. The van der Waals surface area contributed by atoms with E-state index in [1.807, 2.05) is 10.9 Å². The topological polar surface area (TPSA) is 44.6 Å². The highest BCUT2D eigenvalue weighted by Gasteiger charge is 2.24. The Morgan fingerprint density at radius 3 is 2.52 bits per heavy atom. The fourth-order valence-electron chi connectivity index (χ4n) is 4.93. The molecule has 1 aromatic carbocycles. The number of aromatic nitrogens is 2. The van der Waals surface area contributed by atoms with Crippen LogP contribution in [0.4, 0.5) is 0 Å². The van der Waals surface area contributed by atoms with Gasteiger partial charge in [-0.25, -0.2) is 0 Å². The fraction of sp³-hybridized carbons (Fsp3) is 0.600. The maximum absolute atomic E-state index is 12.8. The summed E-state index contributed by atoms with van der Waals surface area (Å²) in [6.07, 6.45) is 8.36. The first-order valence-electron chi connectivity index (χ1n) is 12.0. The van der Waals surface area contributed by atoms with Crippen molar-refractivity contribution in [1.82, 2.24) is 24.5 Å². The molecule has 0 saturated carbocycles. The van der Waals surface area contributed by atoms with Crippen LogP contribution in [0.5, 0.6) is 0 Å². The van der Waals surface area contributed by atoms with Gasteiger partial charge in [-0.05, 0) is 44.2 Å². The SMILES string of the molecule is CCn1cc(CN2CCCC(CCC(=O)N3CCN(Cc4ccccc4)CC3)C2)cn1. The van der Waals surface area contributed by atoms with E-state index in [4.69, 9.17) is 0 Å². The number of piperidine rings is 1. The van der Waals surface area contributed by atoms with Crippen LogP contribution in [0.15, 0.2) is 42.7 Å². The minimum atomic E-state index is 0.348. The molecule has 2 aliphatic rings. The van der Waals surface area contributed by atoms with Crippen molar-refractivity contribution in [1.29, 1.82) is 0 Å². The molecule has 1 amide bonds. The zero-order chi connectivity index (χ0) is 21.5. The molecule has 168 valence electrons. The molecular weight excluding hydrogens is 386 g/mol. The number of rotatable bonds is 8. The highest BCUT2D eigenvalue weighted by atomic mass is 16.2. The van der Waals surface area contributed by atoms with Gasteiger partial charge in [-0.3, -0.25) is 19.3 Å². The number of likely N-dealkylation sites (tertiary alicyclic amines) is 1. The van der Waals surface area contributed by atoms with E-state index < -0.39 is 0 Å². The van der Waals surface area contributed by atoms with Crippen LogP contribution in [0.3, 0.4) is 0 Å². The quantitative estimate of drug-likeness (QED) is 0.654. The zero-order valence-electron chi connectivity index (χ0n) is 19.0. The van der Waals surface area contributed by atoms with Crippen LogP contribution in [0, 0.1) is 5.92 Å². The van der Waals surface area contributed by atoms with Crippen molar-refractivity contribution >= 4 is 5.91 Å². The lowest BCUT2D eigenvalue weighted by molar-refractivity contribution is -0.133. The van der Waals surface area contributed by atoms with Gasteiger partial charge < -0.3 is 4.90 Å². The Kier molecular flexibility index (Phi) is 7.76. The molecule has 1 aromatic heterocycles. The van der Waals surface area contributed by atoms with Crippen LogP contribution in [0.2, 0.25) is 0 Å². The molecule has 2 aliphatic heterocycles. The Morgan fingerprint density at radius 2 is 1.77 bits per heavy atom. The van der Waals surface area contributed by atoms with Gasteiger partial charge in [-0.15, -0.1) is 0 Å². The summed E-state index contributed by atoms with van der Waals surface area (Å²) >= 11 is 0. The number of carbonyl (C=O) groups excluding carboxylic acids is 1. The van der Waals surface area contributed by atoms with Gasteiger partial charge in [0.1, 0.15) is 0 Å². The van der Waals surface area contributed by atoms with E-state index in [0.717, 1.165) is 65.3 Å². The minimum absolute atomic E-state index is 0.348. The Balaban J connectivity index is 1.16. The summed E-state index contributed by atoms with van der Waals surface area (Å²) in [5.74, 6) is 0.985. The van der Waals surface area contributed by atoms with Crippen molar-refractivity contribution in [2.45, 2.75) is 52.2 Å². The molecule has 0 radical (unpaired) electrons. The molecule has 3 heterocycles. The Bertz CT molecular complexity index is 812. The van der Waals surface area contributed by atoms with E-state index in [1.54, 1.807) is 0 Å². The van der Waals surface area contributed by atoms with Crippen molar-refractivity contribution in [3.8, 4) is 0 Å². The third-order valence-electron chi connectivity index (χ3n) is 6.76. The number of nitrogens with zero attached hydrogens (tertiary/aromatic N) is 5. The third-order valence-corrected chi connectivity index (χ3v) is 6.76. The summed E-state index contributed by atoms with van der Waals surface area (Å²) in [7, 11) is 0. The molecule has 0 N–H and O–H groups in total. The number of benzene rings is 1. The van der Waals surface area contributed by atoms with Gasteiger partial charge in [-0.2, -0.15) is 5.10 Å². The van der Waals surface area contributed by atoms with Crippen molar-refractivity contribution in [3.05, 3.63) is 53.9 Å². The van der Waals surface area contributed by atoms with Crippen molar-refractivity contribution < 1.29 is 4.79 Å². The first-order chi connectivity index (χ1) is 15.2. The summed E-state index contributed by atoms with van der Waals surface area (Å²) in [6, 6.07) is 10.6. The van der Waals surface area contributed by atoms with Crippen molar-refractivity contribution in [2.75, 3.05) is 39.3 Å². The predicted molar refractivity (Wildman–Crippen MR) is 123 cm³/mol. The van der Waals surface area contributed by atoms with E-state index in [1.165, 1.54) is 24.0 Å². The fourth-order valence-corrected chi connectivity index (χ4v) is 4.93. The molecule has 1 atom stereocenters. The maximum Gasteiger partial charge on any atom is 0.222 e. The molecule has 6 nitrogen and oxygen atoms in total. The summed E-state index contributed by atoms with van der Waals surface area (Å²) in [4.78, 5) is 19.9. The minimum Gasteiger partial charge on any atom is -0.340 e. The molecule has 6 heteroatoms. The van der Waals surface area contributed by atoms with Crippen molar-refractivity contribution in [2.24, 2.45) is 5.92 Å². The van der Waals surface area contributed by atoms with Gasteiger partial charge in [0.25, 0.3) is 0 Å². The van der Waals surface area contributed by atoms with Crippen LogP contribution < -0.4 is 0 Å². The summed E-state index contributed by atoms with van der Waals surface area (Å²) in [5.41, 5.74) is 2.65. The van der Waals surface area contributed by atoms with Gasteiger partial charge in [-0.1, -0.05) is 30.3 Å². The molecule has 2 saturated heterocycles. The van der Waals surface area contributed by atoms with E-state index in [2.05, 4.69) is 63.3 Å². The van der Waals surface area contributed by atoms with Crippen LogP contribution in [0.25, 0.3) is 0 Å². The monoisotopic (exact) mass is 423 g/mol. The van der Waals surface area contributed by atoms with E-state index >= 15 is 0 Å². The first-order valence-corrected chi connectivity index (χ1v) is 12.0. The second kappa shape index (κ2) is 10.9. The van der Waals surface area contributed by atoms with Crippen molar-refractivity contribution in [3.63, 3.8) is 0 Å². The normalized spacial score (nSPS) is 20.8. The molecule has 2 aromatic rings. The molecule has 31 heavy (non-hydrogen) atoms. The maximum atomic E-state index is 12.8. The van der Waals surface area contributed by atoms with E-state index in [9.17, 15) is 4.79 Å². The third kappa shape index (κ3) is 6.40. The Hall–Kier alpha value is -2.18. The van der Waals surface area contributed by atoms with Crippen LogP contribution in [0.1, 0.15) is 43.7 Å². The summed E-state index contributed by atoms with van der Waals surface area (Å²) in [5, 5.41) is 4.40. The number of carbonyl (C=O) groups is 1. The highest BCUT2D eigenvalue weighted by Crippen LogP contribution is 2.23. The van der Waals surface area contributed by atoms with Gasteiger partial charge in [0.05, 0.1) is 6.20 Å². The molecule has 1 unspecified atom stereocenters. The van der Waals surface area contributed by atoms with E-state index in [0.29, 0.717) is 18.2 Å². The highest BCUT2D eigenvalue weighted by molar-refractivity contribution is 5.76. The lowest BCUT2D eigenvalue weighted by atomic mass is 9.93. The average Bonchev–Trinajstić information content (AvgIpc) is 3.26. The Morgan fingerprint density at radius 1 is 1.00 bits per heavy atom. The van der Waals surface area contributed by atoms with Crippen LogP contribution in [-0.4, -0.2) is 69.7 Å². The molecular formula is C25H37N5O. The van der Waals surface area contributed by atoms with Gasteiger partial charge in [0.15, 0.2) is 0 Å². The molecule has 0 aliphatic carbocycles. The lowest BCUT2D eigenvalue weighted by Gasteiger charge is -2.36. The smallest absolute Gasteiger partial charge is 0.222 e. The second-order valence-corrected chi connectivity index (χ2v) is 9.13. The summed E-state index contributed by atoms with van der Waals surface area (Å²) in [6.45, 7) is 11.0. The van der Waals surface area contributed by atoms with Crippen LogP contribution in [-0.2, 0) is 24.4 Å². The number of hydrogen-bond acceptors (Lipinski definition) is 4. The number of hydrogen-bond donors (Lipinski definition) is 0. The van der Waals surface area contributed by atoms with Crippen LogP contribution >= 0.6 is 0 Å². The standard InChI is InChI=1S/C25H37N5O/c1-2-30-21-24(17-26-30)20-28-12-6-9-23(19-28)10-11-25(31)29-15-13-27(14-16-29)18-22-7-4-3-5-8-22/h3-5,7-8,17,21,23H,2,6,9-16,18-20H2,1H3. The van der Waals surface area contributed by atoms with Gasteiger partial charge in [0.2, 0.25) is 5.91 Å². The first kappa shape index (κ1) is 22.0. The number of amides is 1. The predicted octanol–water partition coefficient (Wildman–Crippen LogP) is 3.24. The average molecular weight is 424 g/mol. The lowest BCUT2D eigenvalue weighted by Crippen LogP contribution is -2.48. The largest absolute Gasteiger partial charge is 0.340 e.